The molecule has 0 radical (unpaired) electrons. The summed E-state index contributed by atoms with van der Waals surface area (Å²) in [5.74, 6) is 1.19. The van der Waals surface area contributed by atoms with Crippen molar-refractivity contribution in [2.45, 2.75) is 43.4 Å². The second-order valence-electron chi connectivity index (χ2n) is 6.45. The second kappa shape index (κ2) is 7.47. The molecule has 1 aromatic heterocycles. The van der Waals surface area contributed by atoms with E-state index in [1.54, 1.807) is 5.56 Å². The Kier molecular flexibility index (Phi) is 5.37. The van der Waals surface area contributed by atoms with E-state index in [4.69, 9.17) is 4.98 Å². The van der Waals surface area contributed by atoms with Crippen molar-refractivity contribution in [2.24, 2.45) is 0 Å². The molecule has 0 N–H and O–H groups in total. The molecule has 3 heteroatoms. The number of pyridine rings is 1. The smallest absolute Gasteiger partial charge is 0.0716 e. The zero-order valence-corrected chi connectivity index (χ0v) is 14.6. The van der Waals surface area contributed by atoms with Gasteiger partial charge >= 0.3 is 0 Å². The molecular weight excluding hydrogens is 288 g/mol. The van der Waals surface area contributed by atoms with Crippen LogP contribution < -0.4 is 0 Å². The molecule has 0 bridgehead atoms. The summed E-state index contributed by atoms with van der Waals surface area (Å²) in [6, 6.07) is 8.68. The number of benzene rings is 1. The van der Waals surface area contributed by atoms with Crippen molar-refractivity contribution in [2.75, 3.05) is 26.4 Å². The largest absolute Gasteiger partial charge is 0.309 e. The molecule has 1 aliphatic rings. The van der Waals surface area contributed by atoms with E-state index in [0.29, 0.717) is 0 Å². The van der Waals surface area contributed by atoms with Crippen LogP contribution in [0.4, 0.5) is 0 Å². The number of nitrogens with zero attached hydrogens (tertiary/aromatic N) is 2. The summed E-state index contributed by atoms with van der Waals surface area (Å²) < 4.78 is 0. The van der Waals surface area contributed by atoms with E-state index >= 15 is 0 Å². The number of para-hydroxylation sites is 1. The molecule has 0 amide bonds. The van der Waals surface area contributed by atoms with Crippen LogP contribution >= 0.6 is 11.8 Å². The monoisotopic (exact) mass is 314 g/mol. The minimum Gasteiger partial charge on any atom is -0.309 e. The Morgan fingerprint density at radius 3 is 2.77 bits per heavy atom. The van der Waals surface area contributed by atoms with Crippen LogP contribution in [-0.2, 0) is 12.8 Å². The molecule has 0 unspecified atom stereocenters. The molecule has 1 aliphatic carbocycles. The van der Waals surface area contributed by atoms with Gasteiger partial charge in [0, 0.05) is 16.0 Å². The van der Waals surface area contributed by atoms with Crippen molar-refractivity contribution in [3.8, 4) is 0 Å². The molecule has 1 heterocycles. The third-order valence-corrected chi connectivity index (χ3v) is 5.61. The van der Waals surface area contributed by atoms with Gasteiger partial charge in [-0.15, -0.1) is 11.8 Å². The summed E-state index contributed by atoms with van der Waals surface area (Å²) in [4.78, 5) is 8.76. The fraction of sp³-hybridized carbons (Fsp3) is 0.526. The molecule has 3 rings (SSSR count). The molecule has 1 aromatic carbocycles. The lowest BCUT2D eigenvalue weighted by molar-refractivity contribution is 0.410. The summed E-state index contributed by atoms with van der Waals surface area (Å²) in [6.45, 7) is 1.16. The zero-order valence-electron chi connectivity index (χ0n) is 13.8. The Bertz CT molecular complexity index is 637. The van der Waals surface area contributed by atoms with Gasteiger partial charge in [-0.1, -0.05) is 24.6 Å². The molecule has 0 aliphatic heterocycles. The highest BCUT2D eigenvalue weighted by atomic mass is 32.2. The first-order chi connectivity index (χ1) is 10.8. The highest BCUT2D eigenvalue weighted by Gasteiger charge is 2.17. The van der Waals surface area contributed by atoms with E-state index in [2.05, 4.69) is 43.3 Å². The van der Waals surface area contributed by atoms with Crippen molar-refractivity contribution in [1.29, 1.82) is 0 Å². The van der Waals surface area contributed by atoms with E-state index in [9.17, 15) is 0 Å². The minimum atomic E-state index is 1.16. The zero-order chi connectivity index (χ0) is 15.4. The van der Waals surface area contributed by atoms with Crippen molar-refractivity contribution in [1.82, 2.24) is 9.88 Å². The van der Waals surface area contributed by atoms with Crippen LogP contribution in [0.1, 0.15) is 36.9 Å². The lowest BCUT2D eigenvalue weighted by Crippen LogP contribution is -2.13. The van der Waals surface area contributed by atoms with E-state index < -0.39 is 0 Å². The Labute approximate surface area is 138 Å². The maximum atomic E-state index is 4.97. The fourth-order valence-corrected chi connectivity index (χ4v) is 4.42. The van der Waals surface area contributed by atoms with Gasteiger partial charge < -0.3 is 4.90 Å². The first-order valence-corrected chi connectivity index (χ1v) is 9.42. The van der Waals surface area contributed by atoms with E-state index in [1.807, 2.05) is 11.8 Å². The molecule has 0 saturated carbocycles. The van der Waals surface area contributed by atoms with E-state index in [-0.39, 0.29) is 0 Å². The van der Waals surface area contributed by atoms with Gasteiger partial charge in [0.15, 0.2) is 0 Å². The third kappa shape index (κ3) is 3.64. The molecule has 22 heavy (non-hydrogen) atoms. The molecule has 2 nitrogen and oxygen atoms in total. The van der Waals surface area contributed by atoms with Crippen LogP contribution in [0.25, 0.3) is 10.9 Å². The van der Waals surface area contributed by atoms with Crippen molar-refractivity contribution in [3.63, 3.8) is 0 Å². The Morgan fingerprint density at radius 2 is 1.91 bits per heavy atom. The maximum Gasteiger partial charge on any atom is 0.0716 e. The number of fused-ring (bicyclic) bond motifs is 2. The number of hydrogen-bond donors (Lipinski definition) is 0. The summed E-state index contributed by atoms with van der Waals surface area (Å²) in [6.07, 6.45) is 7.57. The first-order valence-electron chi connectivity index (χ1n) is 8.44. The SMILES string of the molecule is CN(C)CCCSc1c2c(nc3ccccc13)CCCCC2. The standard InChI is InChI=1S/C19H26N2S/c1-21(2)13-8-14-22-19-15-9-4-3-5-11-17(15)20-18-12-7-6-10-16(18)19/h6-7,10,12H,3-5,8-9,11,13-14H2,1-2H3. The third-order valence-electron chi connectivity index (χ3n) is 4.36. The summed E-state index contributed by atoms with van der Waals surface area (Å²) >= 11 is 2.05. The maximum absolute atomic E-state index is 4.97. The average molecular weight is 314 g/mol. The van der Waals surface area contributed by atoms with Crippen LogP contribution in [0.3, 0.4) is 0 Å². The van der Waals surface area contributed by atoms with Gasteiger partial charge in [0.2, 0.25) is 0 Å². The lowest BCUT2D eigenvalue weighted by Gasteiger charge is -2.15. The van der Waals surface area contributed by atoms with Crippen molar-refractivity contribution >= 4 is 22.7 Å². The summed E-state index contributed by atoms with van der Waals surface area (Å²) in [7, 11) is 4.30. The van der Waals surface area contributed by atoms with Crippen LogP contribution in [0, 0.1) is 0 Å². The highest BCUT2D eigenvalue weighted by molar-refractivity contribution is 7.99. The fourth-order valence-electron chi connectivity index (χ4n) is 3.23. The van der Waals surface area contributed by atoms with Gasteiger partial charge in [0.25, 0.3) is 0 Å². The molecule has 0 spiro atoms. The lowest BCUT2D eigenvalue weighted by atomic mass is 10.1. The van der Waals surface area contributed by atoms with E-state index in [1.165, 1.54) is 59.3 Å². The quantitative estimate of drug-likeness (QED) is 0.458. The molecule has 0 atom stereocenters. The van der Waals surface area contributed by atoms with Gasteiger partial charge in [-0.25, -0.2) is 0 Å². The van der Waals surface area contributed by atoms with Crippen LogP contribution in [0.2, 0.25) is 0 Å². The summed E-state index contributed by atoms with van der Waals surface area (Å²) in [5, 5.41) is 1.36. The molecule has 118 valence electrons. The van der Waals surface area contributed by atoms with Crippen molar-refractivity contribution < 1.29 is 0 Å². The molecule has 0 saturated heterocycles. The molecular formula is C19H26N2S. The molecule has 0 fully saturated rings. The average Bonchev–Trinajstić information content (AvgIpc) is 2.75. The van der Waals surface area contributed by atoms with Crippen LogP contribution in [0.5, 0.6) is 0 Å². The Hall–Kier alpha value is -1.06. The number of aryl methyl sites for hydroxylation is 1. The van der Waals surface area contributed by atoms with Crippen LogP contribution in [-0.4, -0.2) is 36.3 Å². The number of rotatable bonds is 5. The predicted octanol–water partition coefficient (Wildman–Crippen LogP) is 4.55. The van der Waals surface area contributed by atoms with Crippen LogP contribution in [0.15, 0.2) is 29.2 Å². The minimum absolute atomic E-state index is 1.16. The second-order valence-corrected chi connectivity index (χ2v) is 7.55. The Balaban J connectivity index is 1.92. The van der Waals surface area contributed by atoms with Gasteiger partial charge in [-0.3, -0.25) is 4.98 Å². The van der Waals surface area contributed by atoms with Crippen molar-refractivity contribution in [3.05, 3.63) is 35.5 Å². The van der Waals surface area contributed by atoms with Gasteiger partial charge in [-0.2, -0.15) is 0 Å². The number of hydrogen-bond acceptors (Lipinski definition) is 3. The topological polar surface area (TPSA) is 16.1 Å². The number of thioether (sulfide) groups is 1. The Morgan fingerprint density at radius 1 is 1.09 bits per heavy atom. The number of aromatic nitrogens is 1. The van der Waals surface area contributed by atoms with Gasteiger partial charge in [-0.05, 0) is 70.1 Å². The first kappa shape index (κ1) is 15.8. The molecule has 2 aromatic rings. The summed E-state index contributed by atoms with van der Waals surface area (Å²) in [5.41, 5.74) is 4.09. The van der Waals surface area contributed by atoms with E-state index in [0.717, 1.165) is 13.0 Å². The highest BCUT2D eigenvalue weighted by Crippen LogP contribution is 2.35. The van der Waals surface area contributed by atoms with Gasteiger partial charge in [0.05, 0.1) is 5.52 Å². The van der Waals surface area contributed by atoms with Gasteiger partial charge in [0.1, 0.15) is 0 Å². The normalized spacial score (nSPS) is 15.0. The predicted molar refractivity (Wildman–Crippen MR) is 96.9 cm³/mol.